The molecule has 3 atom stereocenters. The van der Waals surface area contributed by atoms with E-state index in [1.807, 2.05) is 18.2 Å². The van der Waals surface area contributed by atoms with Gasteiger partial charge in [0.05, 0.1) is 6.16 Å². The second-order valence-corrected chi connectivity index (χ2v) is 8.69. The highest BCUT2D eigenvalue weighted by Crippen LogP contribution is 2.56. The van der Waals surface area contributed by atoms with Crippen LogP contribution in [0.5, 0.6) is 5.75 Å². The van der Waals surface area contributed by atoms with Gasteiger partial charge in [0, 0.05) is 24.4 Å². The molecule has 28 heavy (non-hydrogen) atoms. The number of fused-ring (bicyclic) bond motifs is 1. The molecule has 0 spiro atoms. The fourth-order valence-corrected chi connectivity index (χ4v) is 5.09. The maximum atomic E-state index is 13.0. The first-order valence-electron chi connectivity index (χ1n) is 9.04. The number of carboxylic acid groups (broad SMARTS) is 1. The summed E-state index contributed by atoms with van der Waals surface area (Å²) < 4.78 is 24.1. The van der Waals surface area contributed by atoms with Gasteiger partial charge in [0.1, 0.15) is 12.0 Å². The summed E-state index contributed by atoms with van der Waals surface area (Å²) in [6.07, 6.45) is 6.45. The molecule has 1 saturated heterocycles. The number of hydrogen-bond acceptors (Lipinski definition) is 6. The van der Waals surface area contributed by atoms with Crippen molar-refractivity contribution in [1.82, 2.24) is 0 Å². The molecule has 0 saturated carbocycles. The van der Waals surface area contributed by atoms with Crippen molar-refractivity contribution < 1.29 is 28.3 Å². The first-order chi connectivity index (χ1) is 13.3. The van der Waals surface area contributed by atoms with E-state index in [4.69, 9.17) is 19.9 Å². The molecule has 2 unspecified atom stereocenters. The van der Waals surface area contributed by atoms with Crippen LogP contribution in [0.3, 0.4) is 0 Å². The summed E-state index contributed by atoms with van der Waals surface area (Å²) in [5.74, 6) is -0.827. The topological polar surface area (TPSA) is 128 Å². The van der Waals surface area contributed by atoms with E-state index in [1.54, 1.807) is 24.3 Å². The Balaban J connectivity index is 1.57. The van der Waals surface area contributed by atoms with Crippen LogP contribution < -0.4 is 15.6 Å². The van der Waals surface area contributed by atoms with E-state index in [2.05, 4.69) is 5.32 Å². The van der Waals surface area contributed by atoms with Crippen LogP contribution in [0, 0.1) is 5.92 Å². The van der Waals surface area contributed by atoms with Gasteiger partial charge in [-0.2, -0.15) is 0 Å². The number of rotatable bonds is 7. The number of hydrogen-bond donors (Lipinski definition) is 3. The van der Waals surface area contributed by atoms with Crippen molar-refractivity contribution in [2.24, 2.45) is 11.7 Å². The first kappa shape index (κ1) is 20.3. The second-order valence-electron chi connectivity index (χ2n) is 6.76. The van der Waals surface area contributed by atoms with Gasteiger partial charge in [0.25, 0.3) is 0 Å². The fourth-order valence-electron chi connectivity index (χ4n) is 3.16. The van der Waals surface area contributed by atoms with E-state index in [0.717, 1.165) is 12.0 Å². The van der Waals surface area contributed by atoms with Crippen LogP contribution in [0.1, 0.15) is 25.7 Å². The average molecular weight is 406 g/mol. The quantitative estimate of drug-likeness (QED) is 0.593. The number of carbonyl (C=O) groups excluding carboxylic acids is 1. The van der Waals surface area contributed by atoms with Gasteiger partial charge in [-0.1, -0.05) is 18.2 Å². The van der Waals surface area contributed by atoms with Gasteiger partial charge < -0.3 is 20.7 Å². The van der Waals surface area contributed by atoms with Crippen molar-refractivity contribution in [3.63, 3.8) is 0 Å². The van der Waals surface area contributed by atoms with Crippen LogP contribution >= 0.6 is 7.60 Å². The molecule has 1 aliphatic carbocycles. The number of aliphatic carboxylic acids is 1. The van der Waals surface area contributed by atoms with Crippen molar-refractivity contribution in [2.45, 2.75) is 31.9 Å². The Morgan fingerprint density at radius 2 is 2.04 bits per heavy atom. The molecule has 1 aromatic rings. The molecule has 0 aromatic heterocycles. The zero-order valence-corrected chi connectivity index (χ0v) is 16.1. The SMILES string of the molecule is N[C@@H]1OP(=O)(Oc2ccc(NC(=O)CCCC(=O)O)cc2)CC2=CC=CCC21. The van der Waals surface area contributed by atoms with Crippen molar-refractivity contribution >= 4 is 25.2 Å². The molecular weight excluding hydrogens is 383 g/mol. The van der Waals surface area contributed by atoms with Crippen LogP contribution in [-0.4, -0.2) is 29.4 Å². The zero-order chi connectivity index (χ0) is 20.1. The molecule has 1 aromatic carbocycles. The number of carboxylic acids is 1. The lowest BCUT2D eigenvalue weighted by atomic mass is 9.91. The molecule has 150 valence electrons. The Morgan fingerprint density at radius 3 is 2.75 bits per heavy atom. The maximum Gasteiger partial charge on any atom is 0.384 e. The van der Waals surface area contributed by atoms with E-state index in [-0.39, 0.29) is 37.2 Å². The van der Waals surface area contributed by atoms with Gasteiger partial charge in [0.2, 0.25) is 5.91 Å². The van der Waals surface area contributed by atoms with Crippen LogP contribution in [-0.2, 0) is 18.7 Å². The predicted molar refractivity (Wildman–Crippen MR) is 104 cm³/mol. The van der Waals surface area contributed by atoms with E-state index in [1.165, 1.54) is 0 Å². The number of benzene rings is 1. The predicted octanol–water partition coefficient (Wildman–Crippen LogP) is 3.27. The van der Waals surface area contributed by atoms with E-state index in [9.17, 15) is 14.2 Å². The van der Waals surface area contributed by atoms with Gasteiger partial charge in [-0.3, -0.25) is 14.1 Å². The lowest BCUT2D eigenvalue weighted by Gasteiger charge is -2.36. The fraction of sp³-hybridized carbons (Fsp3) is 0.368. The molecule has 3 rings (SSSR count). The number of nitrogens with one attached hydrogen (secondary N) is 1. The third-order valence-electron chi connectivity index (χ3n) is 4.54. The second kappa shape index (κ2) is 8.73. The van der Waals surface area contributed by atoms with Crippen LogP contribution in [0.4, 0.5) is 5.69 Å². The van der Waals surface area contributed by atoms with Crippen molar-refractivity contribution in [3.05, 3.63) is 48.1 Å². The molecule has 4 N–H and O–H groups in total. The first-order valence-corrected chi connectivity index (χ1v) is 10.8. The molecule has 9 heteroatoms. The van der Waals surface area contributed by atoms with Crippen LogP contribution in [0.25, 0.3) is 0 Å². The van der Waals surface area contributed by atoms with Gasteiger partial charge >= 0.3 is 13.6 Å². The monoisotopic (exact) mass is 406 g/mol. The highest BCUT2D eigenvalue weighted by atomic mass is 31.2. The molecule has 0 radical (unpaired) electrons. The van der Waals surface area contributed by atoms with E-state index >= 15 is 0 Å². The highest BCUT2D eigenvalue weighted by molar-refractivity contribution is 7.54. The summed E-state index contributed by atoms with van der Waals surface area (Å²) in [5, 5.41) is 11.3. The normalized spacial score (nSPS) is 26.1. The summed E-state index contributed by atoms with van der Waals surface area (Å²) in [7, 11) is -3.42. The highest BCUT2D eigenvalue weighted by Gasteiger charge is 2.41. The number of anilines is 1. The number of allylic oxidation sites excluding steroid dienone is 3. The number of nitrogens with two attached hydrogens (primary N) is 1. The molecular formula is C19H23N2O6P. The Labute approximate surface area is 162 Å². The molecule has 1 fully saturated rings. The summed E-state index contributed by atoms with van der Waals surface area (Å²) in [5.41, 5.74) is 7.52. The van der Waals surface area contributed by atoms with Crippen LogP contribution in [0.15, 0.2) is 48.1 Å². The van der Waals surface area contributed by atoms with Gasteiger partial charge in [-0.05, 0) is 42.7 Å². The molecule has 1 aliphatic heterocycles. The zero-order valence-electron chi connectivity index (χ0n) is 15.2. The van der Waals surface area contributed by atoms with E-state index in [0.29, 0.717) is 11.4 Å². The summed E-state index contributed by atoms with van der Waals surface area (Å²) in [6.45, 7) is 0. The standard InChI is InChI=1S/C19H23N2O6P/c20-19-16-5-2-1-4-13(16)12-28(25,27-19)26-15-10-8-14(9-11-15)21-17(22)6-3-7-18(23)24/h1-2,4,8-11,16,19H,3,5-7,12,20H2,(H,21,22)(H,23,24)/t16?,19-,28?/m1/s1. The maximum absolute atomic E-state index is 13.0. The molecule has 2 aliphatic rings. The van der Waals surface area contributed by atoms with Crippen LogP contribution in [0.2, 0.25) is 0 Å². The lowest BCUT2D eigenvalue weighted by molar-refractivity contribution is -0.137. The van der Waals surface area contributed by atoms with Gasteiger partial charge in [0.15, 0.2) is 0 Å². The number of amides is 1. The summed E-state index contributed by atoms with van der Waals surface area (Å²) >= 11 is 0. The van der Waals surface area contributed by atoms with Gasteiger partial charge in [-0.25, -0.2) is 4.57 Å². The molecule has 1 amide bonds. The largest absolute Gasteiger partial charge is 0.481 e. The Morgan fingerprint density at radius 1 is 1.29 bits per heavy atom. The summed E-state index contributed by atoms with van der Waals surface area (Å²) in [6, 6.07) is 6.41. The third kappa shape index (κ3) is 5.32. The Bertz CT molecular complexity index is 848. The Kier molecular flexibility index (Phi) is 6.34. The summed E-state index contributed by atoms with van der Waals surface area (Å²) in [4.78, 5) is 22.3. The Hall–Kier alpha value is -2.41. The van der Waals surface area contributed by atoms with Gasteiger partial charge in [-0.15, -0.1) is 0 Å². The minimum atomic E-state index is -3.42. The van der Waals surface area contributed by atoms with Crippen molar-refractivity contribution in [3.8, 4) is 5.75 Å². The third-order valence-corrected chi connectivity index (χ3v) is 6.35. The molecule has 1 heterocycles. The van der Waals surface area contributed by atoms with Crippen molar-refractivity contribution in [1.29, 1.82) is 0 Å². The minimum Gasteiger partial charge on any atom is -0.481 e. The molecule has 0 bridgehead atoms. The average Bonchev–Trinajstić information content (AvgIpc) is 2.63. The van der Waals surface area contributed by atoms with E-state index < -0.39 is 19.8 Å². The lowest BCUT2D eigenvalue weighted by Crippen LogP contribution is -2.39. The smallest absolute Gasteiger partial charge is 0.384 e. The minimum absolute atomic E-state index is 0.0226. The number of carbonyl (C=O) groups is 2. The molecule has 8 nitrogen and oxygen atoms in total. The van der Waals surface area contributed by atoms with Crippen molar-refractivity contribution in [2.75, 3.05) is 11.5 Å².